The van der Waals surface area contributed by atoms with Gasteiger partial charge in [0.15, 0.2) is 0 Å². The molecule has 0 aliphatic carbocycles. The molecule has 4 nitrogen and oxygen atoms in total. The number of aliphatic hydroxyl groups is 1. The van der Waals surface area contributed by atoms with Crippen molar-refractivity contribution in [3.8, 4) is 0 Å². The minimum atomic E-state index is -2.60. The van der Waals surface area contributed by atoms with Crippen LogP contribution in [-0.2, 0) is 6.42 Å². The van der Waals surface area contributed by atoms with Crippen LogP contribution in [0.5, 0.6) is 0 Å². The molecule has 0 saturated carbocycles. The molecule has 24 heavy (non-hydrogen) atoms. The van der Waals surface area contributed by atoms with Gasteiger partial charge in [-0.3, -0.25) is 9.69 Å². The zero-order valence-corrected chi connectivity index (χ0v) is 13.9. The molecule has 0 bridgehead atoms. The van der Waals surface area contributed by atoms with E-state index in [0.29, 0.717) is 12.1 Å². The number of piperidine rings is 1. The third-order valence-electron chi connectivity index (χ3n) is 5.15. The molecule has 1 aromatic rings. The Balaban J connectivity index is 1.63. The third-order valence-corrected chi connectivity index (χ3v) is 5.15. The Bertz CT molecular complexity index is 581. The lowest BCUT2D eigenvalue weighted by Gasteiger charge is -2.36. The number of aliphatic hydroxyl groups excluding tert-OH is 1. The van der Waals surface area contributed by atoms with Crippen molar-refractivity contribution in [1.82, 2.24) is 9.80 Å². The molecule has 0 aromatic heterocycles. The topological polar surface area (TPSA) is 43.8 Å². The van der Waals surface area contributed by atoms with Gasteiger partial charge in [-0.15, -0.1) is 0 Å². The summed E-state index contributed by atoms with van der Waals surface area (Å²) < 4.78 is 26.6. The Morgan fingerprint density at radius 3 is 2.42 bits per heavy atom. The summed E-state index contributed by atoms with van der Waals surface area (Å²) in [6.07, 6.45) is -0.125. The number of halogens is 2. The van der Waals surface area contributed by atoms with Crippen LogP contribution < -0.4 is 0 Å². The van der Waals surface area contributed by atoms with E-state index in [-0.39, 0.29) is 44.4 Å². The lowest BCUT2D eigenvalue weighted by Crippen LogP contribution is -2.49. The summed E-state index contributed by atoms with van der Waals surface area (Å²) >= 11 is 0. The molecule has 1 aromatic carbocycles. The van der Waals surface area contributed by atoms with E-state index in [1.807, 2.05) is 29.2 Å². The monoisotopic (exact) mass is 338 g/mol. The molecule has 2 aliphatic rings. The van der Waals surface area contributed by atoms with Crippen LogP contribution in [0.3, 0.4) is 0 Å². The van der Waals surface area contributed by atoms with Gasteiger partial charge in [0.1, 0.15) is 0 Å². The van der Waals surface area contributed by atoms with Gasteiger partial charge < -0.3 is 10.0 Å². The molecular formula is C18H24F2N2O2. The summed E-state index contributed by atoms with van der Waals surface area (Å²) in [6.45, 7) is 3.23. The Kier molecular flexibility index (Phi) is 4.88. The van der Waals surface area contributed by atoms with Crippen LogP contribution in [0.4, 0.5) is 8.78 Å². The highest BCUT2D eigenvalue weighted by molar-refractivity contribution is 5.94. The molecule has 2 saturated heterocycles. The number of likely N-dealkylation sites (tertiary alicyclic amines) is 2. The fourth-order valence-electron chi connectivity index (χ4n) is 3.54. The normalized spacial score (nSPS) is 27.4. The number of β-amino-alcohol motifs (C(OH)–C–C–N with tert-alkyl or cyclic N) is 1. The van der Waals surface area contributed by atoms with E-state index in [1.54, 1.807) is 4.90 Å². The maximum atomic E-state index is 13.3. The fraction of sp³-hybridized carbons (Fsp3) is 0.611. The molecule has 2 fully saturated rings. The predicted molar refractivity (Wildman–Crippen MR) is 87.3 cm³/mol. The number of carbonyl (C=O) groups excluding carboxylic acids is 1. The van der Waals surface area contributed by atoms with Crippen LogP contribution in [0.25, 0.3) is 0 Å². The Labute approximate surface area is 141 Å². The van der Waals surface area contributed by atoms with E-state index in [1.165, 1.54) is 5.56 Å². The van der Waals surface area contributed by atoms with E-state index < -0.39 is 12.0 Å². The number of carbonyl (C=O) groups is 1. The highest BCUT2D eigenvalue weighted by Crippen LogP contribution is 2.30. The van der Waals surface area contributed by atoms with Crippen LogP contribution in [0, 0.1) is 0 Å². The van der Waals surface area contributed by atoms with E-state index in [0.717, 1.165) is 6.42 Å². The first-order chi connectivity index (χ1) is 11.4. The third kappa shape index (κ3) is 3.59. The average Bonchev–Trinajstić information content (AvgIpc) is 2.96. The fourth-order valence-corrected chi connectivity index (χ4v) is 3.54. The Hall–Kier alpha value is -1.53. The zero-order valence-electron chi connectivity index (χ0n) is 13.9. The van der Waals surface area contributed by atoms with Crippen LogP contribution in [0.1, 0.15) is 35.7 Å². The second-order valence-electron chi connectivity index (χ2n) is 6.79. The van der Waals surface area contributed by atoms with Crippen molar-refractivity contribution in [1.29, 1.82) is 0 Å². The van der Waals surface area contributed by atoms with E-state index in [2.05, 4.69) is 6.92 Å². The highest BCUT2D eigenvalue weighted by Gasteiger charge is 2.42. The molecular weight excluding hydrogens is 314 g/mol. The van der Waals surface area contributed by atoms with Crippen LogP contribution >= 0.6 is 0 Å². The summed E-state index contributed by atoms with van der Waals surface area (Å²) in [6, 6.07) is 7.23. The van der Waals surface area contributed by atoms with Crippen molar-refractivity contribution in [3.63, 3.8) is 0 Å². The van der Waals surface area contributed by atoms with E-state index >= 15 is 0 Å². The van der Waals surface area contributed by atoms with Crippen LogP contribution in [0.2, 0.25) is 0 Å². The zero-order chi connectivity index (χ0) is 17.3. The van der Waals surface area contributed by atoms with Crippen molar-refractivity contribution >= 4 is 5.91 Å². The molecule has 2 heterocycles. The minimum absolute atomic E-state index is 0.110. The van der Waals surface area contributed by atoms with Gasteiger partial charge in [0.05, 0.1) is 12.1 Å². The first-order valence-corrected chi connectivity index (χ1v) is 8.58. The van der Waals surface area contributed by atoms with Crippen LogP contribution in [0.15, 0.2) is 24.3 Å². The number of aryl methyl sites for hydroxylation is 1. The van der Waals surface area contributed by atoms with Gasteiger partial charge in [-0.1, -0.05) is 19.1 Å². The second kappa shape index (κ2) is 6.76. The van der Waals surface area contributed by atoms with Gasteiger partial charge >= 0.3 is 0 Å². The quantitative estimate of drug-likeness (QED) is 0.919. The number of nitrogens with zero attached hydrogens (tertiary/aromatic N) is 2. The Morgan fingerprint density at radius 2 is 1.83 bits per heavy atom. The smallest absolute Gasteiger partial charge is 0.253 e. The SMILES string of the molecule is CCc1ccc(C(=O)N2C[C@@H](O)[C@H](N3CCC(F)(F)CC3)C2)cc1. The minimum Gasteiger partial charge on any atom is -0.390 e. The van der Waals surface area contributed by atoms with Gasteiger partial charge in [0, 0.05) is 44.6 Å². The van der Waals surface area contributed by atoms with Crippen molar-refractivity contribution in [2.45, 2.75) is 44.3 Å². The van der Waals surface area contributed by atoms with Gasteiger partial charge in [-0.25, -0.2) is 8.78 Å². The molecule has 0 radical (unpaired) electrons. The first kappa shape index (κ1) is 17.3. The number of rotatable bonds is 3. The highest BCUT2D eigenvalue weighted by atomic mass is 19.3. The van der Waals surface area contributed by atoms with Gasteiger partial charge in [-0.05, 0) is 24.1 Å². The van der Waals surface area contributed by atoms with Crippen molar-refractivity contribution in [2.24, 2.45) is 0 Å². The summed E-state index contributed by atoms with van der Waals surface area (Å²) in [5.74, 6) is -2.71. The first-order valence-electron chi connectivity index (χ1n) is 8.58. The van der Waals surface area contributed by atoms with Gasteiger partial charge in [0.2, 0.25) is 0 Å². The maximum absolute atomic E-state index is 13.3. The molecule has 0 spiro atoms. The molecule has 1 amide bonds. The van der Waals surface area contributed by atoms with Crippen molar-refractivity contribution in [3.05, 3.63) is 35.4 Å². The molecule has 6 heteroatoms. The van der Waals surface area contributed by atoms with E-state index in [9.17, 15) is 18.7 Å². The maximum Gasteiger partial charge on any atom is 0.253 e. The molecule has 132 valence electrons. The number of alkyl halides is 2. The van der Waals surface area contributed by atoms with E-state index in [4.69, 9.17) is 0 Å². The predicted octanol–water partition coefficient (Wildman–Crippen LogP) is 2.17. The molecule has 2 atom stereocenters. The summed E-state index contributed by atoms with van der Waals surface area (Å²) in [7, 11) is 0. The van der Waals surface area contributed by atoms with Crippen LogP contribution in [-0.4, -0.2) is 65.1 Å². The molecule has 1 N–H and O–H groups in total. The average molecular weight is 338 g/mol. The number of benzene rings is 1. The molecule has 3 rings (SSSR count). The number of amides is 1. The van der Waals surface area contributed by atoms with Gasteiger partial charge in [-0.2, -0.15) is 0 Å². The molecule has 0 unspecified atom stereocenters. The second-order valence-corrected chi connectivity index (χ2v) is 6.79. The van der Waals surface area contributed by atoms with Crippen molar-refractivity contribution in [2.75, 3.05) is 26.2 Å². The standard InChI is InChI=1S/C18H24F2N2O2/c1-2-13-3-5-14(6-4-13)17(24)22-11-15(16(23)12-22)21-9-7-18(19,20)8-10-21/h3-6,15-16,23H,2,7-12H2,1H3/t15-,16-/m1/s1. The Morgan fingerprint density at radius 1 is 1.21 bits per heavy atom. The lowest BCUT2D eigenvalue weighted by molar-refractivity contribution is -0.0697. The summed E-state index contributed by atoms with van der Waals surface area (Å²) in [4.78, 5) is 16.1. The van der Waals surface area contributed by atoms with Gasteiger partial charge in [0.25, 0.3) is 11.8 Å². The van der Waals surface area contributed by atoms with Crippen molar-refractivity contribution < 1.29 is 18.7 Å². The molecule has 2 aliphatic heterocycles. The largest absolute Gasteiger partial charge is 0.390 e. The summed E-state index contributed by atoms with van der Waals surface area (Å²) in [5.41, 5.74) is 1.77. The lowest BCUT2D eigenvalue weighted by atomic mass is 10.0. The summed E-state index contributed by atoms with van der Waals surface area (Å²) in [5, 5.41) is 10.3. The number of hydrogen-bond acceptors (Lipinski definition) is 3. The number of hydrogen-bond donors (Lipinski definition) is 1.